The maximum Gasteiger partial charge on any atom is 0.293 e. The van der Waals surface area contributed by atoms with Gasteiger partial charge in [0.05, 0.1) is 14.2 Å². The first kappa shape index (κ1) is 20.3. The molecule has 0 saturated carbocycles. The molecule has 1 amide bonds. The predicted octanol–water partition coefficient (Wildman–Crippen LogP) is 3.94. The van der Waals surface area contributed by atoms with Gasteiger partial charge in [-0.2, -0.15) is 0 Å². The standard InChI is InChI=1S/C25H26N2O5/c1-15-23(32-14-13-31-15)25(28)27-12-11-17-16-7-4-5-9-19(16)26-21(17)22(27)18-8-6-10-20(29-2)24(18)30-3/h4-10,22,26H,11-14H2,1-3H3. The highest BCUT2D eigenvalue weighted by Gasteiger charge is 2.39. The molecule has 32 heavy (non-hydrogen) atoms. The quantitative estimate of drug-likeness (QED) is 0.674. The summed E-state index contributed by atoms with van der Waals surface area (Å²) in [6.07, 6.45) is 0.737. The van der Waals surface area contributed by atoms with Crippen LogP contribution in [-0.2, 0) is 20.7 Å². The molecule has 0 radical (unpaired) electrons. The fourth-order valence-electron chi connectivity index (χ4n) is 4.76. The highest BCUT2D eigenvalue weighted by Crippen LogP contribution is 2.44. The molecule has 1 atom stereocenters. The minimum absolute atomic E-state index is 0.193. The third-order valence-corrected chi connectivity index (χ3v) is 6.19. The topological polar surface area (TPSA) is 73.0 Å². The monoisotopic (exact) mass is 434 g/mol. The number of aromatic amines is 1. The summed E-state index contributed by atoms with van der Waals surface area (Å²) in [7, 11) is 3.23. The van der Waals surface area contributed by atoms with Crippen molar-refractivity contribution >= 4 is 16.8 Å². The van der Waals surface area contributed by atoms with Gasteiger partial charge in [-0.25, -0.2) is 0 Å². The number of ether oxygens (including phenoxy) is 4. The summed E-state index contributed by atoms with van der Waals surface area (Å²) in [6.45, 7) is 3.11. The zero-order valence-corrected chi connectivity index (χ0v) is 18.4. The molecule has 0 spiro atoms. The van der Waals surface area contributed by atoms with E-state index >= 15 is 0 Å². The smallest absolute Gasteiger partial charge is 0.293 e. The number of fused-ring (bicyclic) bond motifs is 3. The number of benzene rings is 2. The van der Waals surface area contributed by atoms with Crippen LogP contribution in [0.15, 0.2) is 54.0 Å². The van der Waals surface area contributed by atoms with Gasteiger partial charge in [-0.15, -0.1) is 0 Å². The number of allylic oxidation sites excluding steroid dienone is 1. The van der Waals surface area contributed by atoms with Crippen LogP contribution in [0.25, 0.3) is 10.9 Å². The van der Waals surface area contributed by atoms with Crippen molar-refractivity contribution in [2.45, 2.75) is 19.4 Å². The zero-order valence-electron chi connectivity index (χ0n) is 18.4. The average Bonchev–Trinajstić information content (AvgIpc) is 3.21. The normalized spacial score (nSPS) is 18.1. The van der Waals surface area contributed by atoms with Gasteiger partial charge >= 0.3 is 0 Å². The number of hydrogen-bond acceptors (Lipinski definition) is 5. The lowest BCUT2D eigenvalue weighted by Crippen LogP contribution is -2.42. The van der Waals surface area contributed by atoms with Gasteiger partial charge in [0.2, 0.25) is 5.76 Å². The first-order valence-corrected chi connectivity index (χ1v) is 10.7. The second-order valence-electron chi connectivity index (χ2n) is 7.88. The van der Waals surface area contributed by atoms with Crippen molar-refractivity contribution in [3.8, 4) is 11.5 Å². The van der Waals surface area contributed by atoms with Gasteiger partial charge in [-0.05, 0) is 31.0 Å². The first-order chi connectivity index (χ1) is 15.6. The Labute approximate surface area is 186 Å². The Balaban J connectivity index is 1.71. The summed E-state index contributed by atoms with van der Waals surface area (Å²) in [5, 5.41) is 1.18. The van der Waals surface area contributed by atoms with E-state index in [-0.39, 0.29) is 11.7 Å². The second-order valence-corrected chi connectivity index (χ2v) is 7.88. The van der Waals surface area contributed by atoms with Crippen LogP contribution in [0.4, 0.5) is 0 Å². The fourth-order valence-corrected chi connectivity index (χ4v) is 4.76. The molecule has 2 aromatic carbocycles. The molecule has 2 aliphatic rings. The molecule has 166 valence electrons. The predicted molar refractivity (Wildman–Crippen MR) is 120 cm³/mol. The Kier molecular flexibility index (Phi) is 5.17. The number of nitrogens with zero attached hydrogens (tertiary/aromatic N) is 1. The number of nitrogens with one attached hydrogen (secondary N) is 1. The van der Waals surface area contributed by atoms with Crippen LogP contribution < -0.4 is 9.47 Å². The maximum atomic E-state index is 13.7. The van der Waals surface area contributed by atoms with Crippen LogP contribution in [-0.4, -0.2) is 49.8 Å². The molecule has 7 nitrogen and oxygen atoms in total. The largest absolute Gasteiger partial charge is 0.493 e. The van der Waals surface area contributed by atoms with Crippen LogP contribution in [0, 0.1) is 0 Å². The van der Waals surface area contributed by atoms with Gasteiger partial charge in [-0.1, -0.05) is 30.3 Å². The summed E-state index contributed by atoms with van der Waals surface area (Å²) in [6, 6.07) is 13.6. The molecule has 7 heteroatoms. The molecule has 3 heterocycles. The van der Waals surface area contributed by atoms with Crippen molar-refractivity contribution in [2.75, 3.05) is 34.0 Å². The number of rotatable bonds is 4. The summed E-state index contributed by atoms with van der Waals surface area (Å²) in [4.78, 5) is 19.1. The van der Waals surface area contributed by atoms with E-state index in [0.29, 0.717) is 37.0 Å². The highest BCUT2D eigenvalue weighted by atomic mass is 16.6. The van der Waals surface area contributed by atoms with Crippen LogP contribution >= 0.6 is 0 Å². The molecule has 0 fully saturated rings. The van der Waals surface area contributed by atoms with Crippen molar-refractivity contribution in [1.29, 1.82) is 0 Å². The Hall–Kier alpha value is -3.61. The van der Waals surface area contributed by atoms with E-state index < -0.39 is 6.04 Å². The van der Waals surface area contributed by atoms with Gasteiger partial charge in [0, 0.05) is 28.7 Å². The molecule has 0 bridgehead atoms. The molecule has 1 aromatic heterocycles. The van der Waals surface area contributed by atoms with E-state index in [0.717, 1.165) is 23.2 Å². The lowest BCUT2D eigenvalue weighted by atomic mass is 9.91. The van der Waals surface area contributed by atoms with Crippen LogP contribution in [0.5, 0.6) is 11.5 Å². The molecule has 0 aliphatic carbocycles. The lowest BCUT2D eigenvalue weighted by molar-refractivity contribution is -0.135. The lowest BCUT2D eigenvalue weighted by Gasteiger charge is -2.37. The van der Waals surface area contributed by atoms with Crippen molar-refractivity contribution < 1.29 is 23.7 Å². The van der Waals surface area contributed by atoms with Crippen molar-refractivity contribution in [2.24, 2.45) is 0 Å². The summed E-state index contributed by atoms with van der Waals surface area (Å²) in [5.41, 5.74) is 4.09. The van der Waals surface area contributed by atoms with E-state index in [1.54, 1.807) is 21.1 Å². The van der Waals surface area contributed by atoms with Gasteiger partial charge in [0.1, 0.15) is 25.0 Å². The van der Waals surface area contributed by atoms with Gasteiger partial charge in [0.25, 0.3) is 5.91 Å². The summed E-state index contributed by atoms with van der Waals surface area (Å²) >= 11 is 0. The third kappa shape index (κ3) is 3.16. The fraction of sp³-hybridized carbons (Fsp3) is 0.320. The van der Waals surface area contributed by atoms with E-state index in [1.807, 2.05) is 35.2 Å². The average molecular weight is 434 g/mol. The minimum atomic E-state index is -0.394. The van der Waals surface area contributed by atoms with Crippen LogP contribution in [0.1, 0.15) is 29.8 Å². The highest BCUT2D eigenvalue weighted by molar-refractivity contribution is 5.94. The Bertz CT molecular complexity index is 1210. The van der Waals surface area contributed by atoms with E-state index in [9.17, 15) is 4.79 Å². The Morgan fingerprint density at radius 3 is 2.66 bits per heavy atom. The zero-order chi connectivity index (χ0) is 22.2. The number of amides is 1. The van der Waals surface area contributed by atoms with Crippen molar-refractivity contribution in [3.63, 3.8) is 0 Å². The van der Waals surface area contributed by atoms with Crippen LogP contribution in [0.2, 0.25) is 0 Å². The number of carbonyl (C=O) groups excluding carboxylic acids is 1. The number of aromatic nitrogens is 1. The molecule has 2 aliphatic heterocycles. The first-order valence-electron chi connectivity index (χ1n) is 10.7. The van der Waals surface area contributed by atoms with Gasteiger partial charge in [-0.3, -0.25) is 4.79 Å². The number of methoxy groups -OCH3 is 2. The molecule has 1 unspecified atom stereocenters. The van der Waals surface area contributed by atoms with E-state index in [4.69, 9.17) is 18.9 Å². The number of para-hydroxylation sites is 2. The second kappa shape index (κ2) is 8.15. The minimum Gasteiger partial charge on any atom is -0.493 e. The third-order valence-electron chi connectivity index (χ3n) is 6.19. The molecule has 5 rings (SSSR count). The summed E-state index contributed by atoms with van der Waals surface area (Å²) < 4.78 is 22.6. The number of H-pyrrole nitrogens is 1. The molecule has 1 N–H and O–H groups in total. The van der Waals surface area contributed by atoms with E-state index in [1.165, 1.54) is 10.9 Å². The van der Waals surface area contributed by atoms with Crippen molar-refractivity contribution in [1.82, 2.24) is 9.88 Å². The van der Waals surface area contributed by atoms with Crippen molar-refractivity contribution in [3.05, 3.63) is 70.8 Å². The van der Waals surface area contributed by atoms with Gasteiger partial charge in [0.15, 0.2) is 11.5 Å². The molecular formula is C25H26N2O5. The van der Waals surface area contributed by atoms with Gasteiger partial charge < -0.3 is 28.8 Å². The number of carbonyl (C=O) groups is 1. The molecular weight excluding hydrogens is 408 g/mol. The van der Waals surface area contributed by atoms with Crippen LogP contribution in [0.3, 0.4) is 0 Å². The molecule has 0 saturated heterocycles. The van der Waals surface area contributed by atoms with E-state index in [2.05, 4.69) is 17.1 Å². The SMILES string of the molecule is COc1cccc(C2c3[nH]c4ccccc4c3CCN2C(=O)C2=C(C)OCCO2)c1OC. The Morgan fingerprint density at radius 1 is 1.06 bits per heavy atom. The summed E-state index contributed by atoms with van der Waals surface area (Å²) in [5.74, 6) is 1.81. The number of hydrogen-bond donors (Lipinski definition) is 1. The maximum absolute atomic E-state index is 13.7. The Morgan fingerprint density at radius 2 is 1.88 bits per heavy atom. The molecule has 3 aromatic rings.